The quantitative estimate of drug-likeness (QED) is 0.805. The van der Waals surface area contributed by atoms with Crippen molar-refractivity contribution in [2.75, 3.05) is 13.7 Å². The van der Waals surface area contributed by atoms with Crippen LogP contribution in [0.1, 0.15) is 30.9 Å². The summed E-state index contributed by atoms with van der Waals surface area (Å²) in [5, 5.41) is 3.73. The molecule has 0 fully saturated rings. The Morgan fingerprint density at radius 1 is 1.08 bits per heavy atom. The van der Waals surface area contributed by atoms with Crippen LogP contribution in [0, 0.1) is 5.92 Å². The molecule has 0 aliphatic heterocycles. The Balaban J connectivity index is 1.94. The highest BCUT2D eigenvalue weighted by Crippen LogP contribution is 2.26. The number of methoxy groups -OCH3 is 1. The molecule has 0 aromatic heterocycles. The number of carbonyl (C=O) groups is 1. The lowest BCUT2D eigenvalue weighted by Gasteiger charge is -2.21. The Morgan fingerprint density at radius 2 is 1.71 bits per heavy atom. The topological polar surface area (TPSA) is 38.3 Å². The third kappa shape index (κ3) is 5.00. The molecule has 1 amide bonds. The fourth-order valence-corrected chi connectivity index (χ4v) is 2.87. The zero-order chi connectivity index (χ0) is 17.5. The van der Waals surface area contributed by atoms with E-state index in [4.69, 9.17) is 16.3 Å². The van der Waals surface area contributed by atoms with E-state index < -0.39 is 0 Å². The molecule has 0 aliphatic carbocycles. The molecule has 0 radical (unpaired) electrons. The summed E-state index contributed by atoms with van der Waals surface area (Å²) in [6.07, 6.45) is 0.793. The summed E-state index contributed by atoms with van der Waals surface area (Å²) in [5.41, 5.74) is 2.17. The summed E-state index contributed by atoms with van der Waals surface area (Å²) >= 11 is 5.94. The molecule has 0 aliphatic rings. The van der Waals surface area contributed by atoms with E-state index in [1.165, 1.54) is 5.56 Å². The minimum absolute atomic E-state index is 0.0563. The highest BCUT2D eigenvalue weighted by atomic mass is 35.5. The highest BCUT2D eigenvalue weighted by molar-refractivity contribution is 6.30. The fraction of sp³-hybridized carbons (Fsp3) is 0.350. The Hall–Kier alpha value is -2.00. The summed E-state index contributed by atoms with van der Waals surface area (Å²) in [4.78, 5) is 12.6. The van der Waals surface area contributed by atoms with E-state index in [9.17, 15) is 4.79 Å². The highest BCUT2D eigenvalue weighted by Gasteiger charge is 2.23. The maximum absolute atomic E-state index is 12.6. The van der Waals surface area contributed by atoms with Crippen LogP contribution in [0.4, 0.5) is 0 Å². The van der Waals surface area contributed by atoms with Gasteiger partial charge in [0.2, 0.25) is 5.91 Å². The molecular weight excluding hydrogens is 322 g/mol. The van der Waals surface area contributed by atoms with Gasteiger partial charge in [0.05, 0.1) is 13.0 Å². The molecule has 0 saturated heterocycles. The van der Waals surface area contributed by atoms with E-state index in [-0.39, 0.29) is 17.7 Å². The van der Waals surface area contributed by atoms with Crippen molar-refractivity contribution < 1.29 is 9.53 Å². The van der Waals surface area contributed by atoms with Crippen LogP contribution in [-0.2, 0) is 11.2 Å². The maximum atomic E-state index is 12.6. The van der Waals surface area contributed by atoms with Gasteiger partial charge in [-0.2, -0.15) is 0 Å². The van der Waals surface area contributed by atoms with Crippen LogP contribution >= 0.6 is 11.6 Å². The zero-order valence-corrected chi connectivity index (χ0v) is 15.1. The van der Waals surface area contributed by atoms with Crippen LogP contribution < -0.4 is 10.1 Å². The van der Waals surface area contributed by atoms with E-state index in [1.54, 1.807) is 7.11 Å². The lowest BCUT2D eigenvalue weighted by Crippen LogP contribution is -2.33. The summed E-state index contributed by atoms with van der Waals surface area (Å²) in [6, 6.07) is 15.4. The average molecular weight is 346 g/mol. The van der Waals surface area contributed by atoms with Gasteiger partial charge in [-0.1, -0.05) is 49.7 Å². The maximum Gasteiger partial charge on any atom is 0.227 e. The molecule has 0 unspecified atom stereocenters. The van der Waals surface area contributed by atoms with Gasteiger partial charge >= 0.3 is 0 Å². The normalized spacial score (nSPS) is 12.0. The van der Waals surface area contributed by atoms with Crippen LogP contribution in [-0.4, -0.2) is 19.6 Å². The largest absolute Gasteiger partial charge is 0.497 e. The van der Waals surface area contributed by atoms with Crippen molar-refractivity contribution in [1.82, 2.24) is 5.32 Å². The molecule has 2 aromatic rings. The lowest BCUT2D eigenvalue weighted by molar-refractivity contribution is -0.123. The van der Waals surface area contributed by atoms with Crippen molar-refractivity contribution in [3.63, 3.8) is 0 Å². The first-order chi connectivity index (χ1) is 11.5. The van der Waals surface area contributed by atoms with Crippen molar-refractivity contribution in [3.8, 4) is 5.75 Å². The molecule has 24 heavy (non-hydrogen) atoms. The SMILES string of the molecule is COc1ccc(CCNC(=O)[C@H](c2ccc(Cl)cc2)C(C)C)cc1. The van der Waals surface area contributed by atoms with Crippen LogP contribution in [0.15, 0.2) is 48.5 Å². The van der Waals surface area contributed by atoms with Gasteiger partial charge in [0.25, 0.3) is 0 Å². The number of hydrogen-bond acceptors (Lipinski definition) is 2. The fourth-order valence-electron chi connectivity index (χ4n) is 2.74. The number of ether oxygens (including phenoxy) is 1. The van der Waals surface area contributed by atoms with Crippen LogP contribution in [0.2, 0.25) is 5.02 Å². The summed E-state index contributed by atoms with van der Waals surface area (Å²) < 4.78 is 5.15. The van der Waals surface area contributed by atoms with Gasteiger partial charge in [0.1, 0.15) is 5.75 Å². The Morgan fingerprint density at radius 3 is 2.25 bits per heavy atom. The number of hydrogen-bond donors (Lipinski definition) is 1. The summed E-state index contributed by atoms with van der Waals surface area (Å²) in [5.74, 6) is 0.941. The number of nitrogens with one attached hydrogen (secondary N) is 1. The van der Waals surface area contributed by atoms with E-state index >= 15 is 0 Å². The third-order valence-corrected chi connectivity index (χ3v) is 4.30. The molecule has 128 valence electrons. The first kappa shape index (κ1) is 18.3. The summed E-state index contributed by atoms with van der Waals surface area (Å²) in [6.45, 7) is 4.73. The zero-order valence-electron chi connectivity index (χ0n) is 14.4. The van der Waals surface area contributed by atoms with Crippen LogP contribution in [0.25, 0.3) is 0 Å². The molecule has 0 saturated carbocycles. The van der Waals surface area contributed by atoms with Gasteiger partial charge < -0.3 is 10.1 Å². The number of amides is 1. The standard InChI is InChI=1S/C20H24ClNO2/c1-14(2)19(16-6-8-17(21)9-7-16)20(23)22-13-12-15-4-10-18(24-3)11-5-15/h4-11,14,19H,12-13H2,1-3H3,(H,22,23)/t19-/m0/s1. The van der Waals surface area contributed by atoms with Gasteiger partial charge in [-0.3, -0.25) is 4.79 Å². The number of rotatable bonds is 7. The molecule has 0 spiro atoms. The lowest BCUT2D eigenvalue weighted by atomic mass is 9.87. The minimum atomic E-state index is -0.168. The number of carbonyl (C=O) groups excluding carboxylic acids is 1. The van der Waals surface area contributed by atoms with Gasteiger partial charge in [-0.15, -0.1) is 0 Å². The molecule has 1 atom stereocenters. The van der Waals surface area contributed by atoms with E-state index in [0.29, 0.717) is 11.6 Å². The second-order valence-corrected chi connectivity index (χ2v) is 6.60. The van der Waals surface area contributed by atoms with Crippen molar-refractivity contribution in [3.05, 3.63) is 64.7 Å². The predicted octanol–water partition coefficient (Wildman–Crippen LogP) is 4.45. The third-order valence-electron chi connectivity index (χ3n) is 4.05. The van der Waals surface area contributed by atoms with Crippen molar-refractivity contribution in [2.24, 2.45) is 5.92 Å². The van der Waals surface area contributed by atoms with Gasteiger partial charge in [0, 0.05) is 11.6 Å². The molecule has 2 rings (SSSR count). The van der Waals surface area contributed by atoms with Crippen molar-refractivity contribution >= 4 is 17.5 Å². The van der Waals surface area contributed by atoms with Crippen LogP contribution in [0.3, 0.4) is 0 Å². The monoisotopic (exact) mass is 345 g/mol. The average Bonchev–Trinajstić information content (AvgIpc) is 2.57. The Kier molecular flexibility index (Phi) is 6.68. The predicted molar refractivity (Wildman–Crippen MR) is 98.7 cm³/mol. The van der Waals surface area contributed by atoms with Gasteiger partial charge in [-0.25, -0.2) is 0 Å². The molecule has 0 bridgehead atoms. The van der Waals surface area contributed by atoms with Gasteiger partial charge in [-0.05, 0) is 47.7 Å². The second kappa shape index (κ2) is 8.74. The van der Waals surface area contributed by atoms with Crippen molar-refractivity contribution in [2.45, 2.75) is 26.2 Å². The molecule has 3 nitrogen and oxygen atoms in total. The molecule has 1 N–H and O–H groups in total. The number of halogens is 1. The molecule has 2 aromatic carbocycles. The summed E-state index contributed by atoms with van der Waals surface area (Å²) in [7, 11) is 1.65. The molecular formula is C20H24ClNO2. The number of benzene rings is 2. The van der Waals surface area contributed by atoms with E-state index in [2.05, 4.69) is 19.2 Å². The van der Waals surface area contributed by atoms with Gasteiger partial charge in [0.15, 0.2) is 0 Å². The van der Waals surface area contributed by atoms with Crippen LogP contribution in [0.5, 0.6) is 5.75 Å². The molecule has 0 heterocycles. The first-order valence-corrected chi connectivity index (χ1v) is 8.55. The van der Waals surface area contributed by atoms with Crippen molar-refractivity contribution in [1.29, 1.82) is 0 Å². The second-order valence-electron chi connectivity index (χ2n) is 6.16. The van der Waals surface area contributed by atoms with E-state index in [0.717, 1.165) is 17.7 Å². The Labute approximate surface area is 149 Å². The smallest absolute Gasteiger partial charge is 0.227 e. The molecule has 4 heteroatoms. The first-order valence-electron chi connectivity index (χ1n) is 8.17. The minimum Gasteiger partial charge on any atom is -0.497 e. The Bertz CT molecular complexity index is 650. The van der Waals surface area contributed by atoms with E-state index in [1.807, 2.05) is 48.5 Å².